The topological polar surface area (TPSA) is 111 Å². The molecule has 1 saturated heterocycles. The van der Waals surface area contributed by atoms with Crippen LogP contribution in [0.3, 0.4) is 0 Å². The molecule has 1 atom stereocenters. The molecule has 0 bridgehead atoms. The predicted octanol–water partition coefficient (Wildman–Crippen LogP) is -0.210. The number of H-pyrrole nitrogens is 2. The SMILES string of the molecule is Nc1nc2c(CN3CCC[C@@H]3CO)c[nH]c2c(=O)[nH]1. The maximum absolute atomic E-state index is 11.7. The molecule has 1 aliphatic rings. The van der Waals surface area contributed by atoms with E-state index < -0.39 is 0 Å². The van der Waals surface area contributed by atoms with Crippen LogP contribution in [0, 0.1) is 0 Å². The van der Waals surface area contributed by atoms with Gasteiger partial charge in [0, 0.05) is 24.3 Å². The molecule has 0 amide bonds. The second-order valence-corrected chi connectivity index (χ2v) is 4.94. The van der Waals surface area contributed by atoms with E-state index in [0.29, 0.717) is 17.6 Å². The molecule has 7 nitrogen and oxygen atoms in total. The molecule has 1 fully saturated rings. The lowest BCUT2D eigenvalue weighted by Gasteiger charge is -2.21. The van der Waals surface area contributed by atoms with Gasteiger partial charge in [-0.3, -0.25) is 14.7 Å². The summed E-state index contributed by atoms with van der Waals surface area (Å²) in [5.74, 6) is 0.124. The molecule has 102 valence electrons. The van der Waals surface area contributed by atoms with E-state index in [1.807, 2.05) is 0 Å². The zero-order chi connectivity index (χ0) is 13.4. The van der Waals surface area contributed by atoms with E-state index in [-0.39, 0.29) is 24.2 Å². The summed E-state index contributed by atoms with van der Waals surface area (Å²) in [5, 5.41) is 9.33. The number of nitrogens with zero attached hydrogens (tertiary/aromatic N) is 2. The summed E-state index contributed by atoms with van der Waals surface area (Å²) >= 11 is 0. The van der Waals surface area contributed by atoms with Crippen LogP contribution in [0.15, 0.2) is 11.0 Å². The third kappa shape index (κ3) is 2.11. The summed E-state index contributed by atoms with van der Waals surface area (Å²) in [5.41, 5.74) is 7.33. The monoisotopic (exact) mass is 263 g/mol. The molecule has 0 radical (unpaired) electrons. The van der Waals surface area contributed by atoms with Crippen molar-refractivity contribution in [2.45, 2.75) is 25.4 Å². The highest BCUT2D eigenvalue weighted by molar-refractivity contribution is 5.78. The number of nitrogens with two attached hydrogens (primary N) is 1. The van der Waals surface area contributed by atoms with Crippen molar-refractivity contribution in [3.05, 3.63) is 22.1 Å². The van der Waals surface area contributed by atoms with E-state index in [1.54, 1.807) is 6.20 Å². The Bertz CT molecular complexity index is 647. The van der Waals surface area contributed by atoms with Gasteiger partial charge in [0.25, 0.3) is 5.56 Å². The molecule has 0 unspecified atom stereocenters. The van der Waals surface area contributed by atoms with Gasteiger partial charge in [0.15, 0.2) is 0 Å². The Morgan fingerprint density at radius 3 is 3.21 bits per heavy atom. The smallest absolute Gasteiger partial charge is 0.276 e. The largest absolute Gasteiger partial charge is 0.395 e. The number of aromatic amines is 2. The van der Waals surface area contributed by atoms with Crippen LogP contribution >= 0.6 is 0 Å². The van der Waals surface area contributed by atoms with Gasteiger partial charge < -0.3 is 15.8 Å². The van der Waals surface area contributed by atoms with Gasteiger partial charge in [-0.05, 0) is 19.4 Å². The van der Waals surface area contributed by atoms with E-state index in [9.17, 15) is 9.90 Å². The van der Waals surface area contributed by atoms with Gasteiger partial charge in [-0.2, -0.15) is 0 Å². The maximum atomic E-state index is 11.7. The van der Waals surface area contributed by atoms with Crippen molar-refractivity contribution < 1.29 is 5.11 Å². The third-order valence-electron chi connectivity index (χ3n) is 3.72. The summed E-state index contributed by atoms with van der Waals surface area (Å²) < 4.78 is 0. The van der Waals surface area contributed by atoms with Gasteiger partial charge in [-0.15, -0.1) is 0 Å². The highest BCUT2D eigenvalue weighted by atomic mass is 16.3. The van der Waals surface area contributed by atoms with Crippen LogP contribution < -0.4 is 11.3 Å². The van der Waals surface area contributed by atoms with Crippen molar-refractivity contribution in [3.8, 4) is 0 Å². The zero-order valence-corrected chi connectivity index (χ0v) is 10.5. The summed E-state index contributed by atoms with van der Waals surface area (Å²) in [6, 6.07) is 0.198. The number of hydrogen-bond donors (Lipinski definition) is 4. The number of aromatic nitrogens is 3. The quantitative estimate of drug-likeness (QED) is 0.612. The van der Waals surface area contributed by atoms with Gasteiger partial charge in [0.2, 0.25) is 5.95 Å². The lowest BCUT2D eigenvalue weighted by Crippen LogP contribution is -2.31. The van der Waals surface area contributed by atoms with Crippen molar-refractivity contribution in [2.24, 2.45) is 0 Å². The van der Waals surface area contributed by atoms with Gasteiger partial charge >= 0.3 is 0 Å². The molecule has 3 rings (SSSR count). The molecule has 7 heteroatoms. The minimum absolute atomic E-state index is 0.124. The molecule has 2 aromatic heterocycles. The van der Waals surface area contributed by atoms with Crippen molar-refractivity contribution >= 4 is 17.0 Å². The number of likely N-dealkylation sites (tertiary alicyclic amines) is 1. The van der Waals surface area contributed by atoms with Crippen LogP contribution in [0.25, 0.3) is 11.0 Å². The second-order valence-electron chi connectivity index (χ2n) is 4.94. The Morgan fingerprint density at radius 1 is 1.58 bits per heavy atom. The van der Waals surface area contributed by atoms with Gasteiger partial charge in [-0.25, -0.2) is 4.98 Å². The van der Waals surface area contributed by atoms with Gasteiger partial charge in [-0.1, -0.05) is 0 Å². The molecule has 0 saturated carbocycles. The average Bonchev–Trinajstić information content (AvgIpc) is 2.97. The van der Waals surface area contributed by atoms with Crippen LogP contribution in [0.4, 0.5) is 5.95 Å². The minimum Gasteiger partial charge on any atom is -0.395 e. The first-order valence-electron chi connectivity index (χ1n) is 6.39. The number of hydrogen-bond acceptors (Lipinski definition) is 5. The molecule has 19 heavy (non-hydrogen) atoms. The van der Waals surface area contributed by atoms with Crippen molar-refractivity contribution in [3.63, 3.8) is 0 Å². The Labute approximate surface area is 109 Å². The number of nitrogens with one attached hydrogen (secondary N) is 2. The Balaban J connectivity index is 1.95. The average molecular weight is 263 g/mol. The fourth-order valence-corrected chi connectivity index (χ4v) is 2.73. The Hall–Kier alpha value is -1.86. The summed E-state index contributed by atoms with van der Waals surface area (Å²) in [7, 11) is 0. The van der Waals surface area contributed by atoms with Gasteiger partial charge in [0.1, 0.15) is 11.0 Å². The van der Waals surface area contributed by atoms with E-state index >= 15 is 0 Å². The molecule has 5 N–H and O–H groups in total. The van der Waals surface area contributed by atoms with Crippen molar-refractivity contribution in [1.82, 2.24) is 19.9 Å². The highest BCUT2D eigenvalue weighted by Crippen LogP contribution is 2.22. The summed E-state index contributed by atoms with van der Waals surface area (Å²) in [6.45, 7) is 1.79. The Kier molecular flexibility index (Phi) is 3.00. The minimum atomic E-state index is -0.256. The van der Waals surface area contributed by atoms with Crippen molar-refractivity contribution in [1.29, 1.82) is 0 Å². The van der Waals surface area contributed by atoms with Crippen LogP contribution in [-0.2, 0) is 6.54 Å². The summed E-state index contributed by atoms with van der Waals surface area (Å²) in [4.78, 5) is 23.5. The highest BCUT2D eigenvalue weighted by Gasteiger charge is 2.24. The first kappa shape index (κ1) is 12.2. The zero-order valence-electron chi connectivity index (χ0n) is 10.5. The Morgan fingerprint density at radius 2 is 2.42 bits per heavy atom. The fourth-order valence-electron chi connectivity index (χ4n) is 2.73. The first-order valence-corrected chi connectivity index (χ1v) is 6.39. The van der Waals surface area contributed by atoms with Crippen LogP contribution in [0.2, 0.25) is 0 Å². The molecule has 2 aromatic rings. The number of anilines is 1. The number of aliphatic hydroxyl groups is 1. The predicted molar refractivity (Wildman–Crippen MR) is 71.6 cm³/mol. The maximum Gasteiger partial charge on any atom is 0.276 e. The van der Waals surface area contributed by atoms with E-state index in [2.05, 4.69) is 19.9 Å². The van der Waals surface area contributed by atoms with Crippen LogP contribution in [0.1, 0.15) is 18.4 Å². The standard InChI is InChI=1S/C12H17N5O2/c13-12-15-9-7(4-14-10(9)11(19)16-12)5-17-3-1-2-8(17)6-18/h4,8,14,18H,1-3,5-6H2,(H3,13,15,16,19)/t8-/m1/s1. The molecular weight excluding hydrogens is 246 g/mol. The lowest BCUT2D eigenvalue weighted by atomic mass is 10.2. The van der Waals surface area contributed by atoms with Crippen LogP contribution in [0.5, 0.6) is 0 Å². The van der Waals surface area contributed by atoms with E-state index in [4.69, 9.17) is 5.73 Å². The molecule has 0 aliphatic carbocycles. The van der Waals surface area contributed by atoms with Crippen molar-refractivity contribution in [2.75, 3.05) is 18.9 Å². The molecule has 0 spiro atoms. The number of rotatable bonds is 3. The normalized spacial score (nSPS) is 20.4. The first-order chi connectivity index (χ1) is 9.19. The molecule has 1 aliphatic heterocycles. The number of aliphatic hydroxyl groups excluding tert-OH is 1. The van der Waals surface area contributed by atoms with Gasteiger partial charge in [0.05, 0.1) is 6.61 Å². The number of fused-ring (bicyclic) bond motifs is 1. The van der Waals surface area contributed by atoms with Crippen LogP contribution in [-0.4, -0.2) is 44.2 Å². The third-order valence-corrected chi connectivity index (χ3v) is 3.72. The lowest BCUT2D eigenvalue weighted by molar-refractivity contribution is 0.154. The summed E-state index contributed by atoms with van der Waals surface area (Å²) in [6.07, 6.45) is 3.89. The van der Waals surface area contributed by atoms with E-state index in [1.165, 1.54) is 0 Å². The molecule has 3 heterocycles. The molecule has 0 aromatic carbocycles. The second kappa shape index (κ2) is 4.67. The van der Waals surface area contributed by atoms with E-state index in [0.717, 1.165) is 24.9 Å². The molecular formula is C12H17N5O2. The fraction of sp³-hybridized carbons (Fsp3) is 0.500. The number of nitrogen functional groups attached to an aromatic ring is 1.